The molecule has 24 heavy (non-hydrogen) atoms. The SMILES string of the molecule is Cc1ccc(C)c(C(=O)Cn2c3[n+](c4ccccc42)CCN3)c1.[Br-]. The Balaban J connectivity index is 0.00000169. The minimum absolute atomic E-state index is 0. The number of nitrogens with zero attached hydrogens (tertiary/aromatic N) is 2. The lowest BCUT2D eigenvalue weighted by molar-refractivity contribution is -0.644. The number of rotatable bonds is 3. The number of hydrogen-bond acceptors (Lipinski definition) is 2. The maximum absolute atomic E-state index is 12.9. The summed E-state index contributed by atoms with van der Waals surface area (Å²) in [7, 11) is 0. The van der Waals surface area contributed by atoms with E-state index in [9.17, 15) is 4.79 Å². The number of ketones is 1. The van der Waals surface area contributed by atoms with Gasteiger partial charge in [0, 0.05) is 5.56 Å². The van der Waals surface area contributed by atoms with Gasteiger partial charge in [0.1, 0.15) is 24.1 Å². The number of carbonyl (C=O) groups excluding carboxylic acids is 1. The zero-order valence-corrected chi connectivity index (χ0v) is 15.4. The second-order valence-electron chi connectivity index (χ2n) is 6.22. The summed E-state index contributed by atoms with van der Waals surface area (Å²) >= 11 is 0. The van der Waals surface area contributed by atoms with Crippen LogP contribution >= 0.6 is 0 Å². The molecule has 2 aromatic carbocycles. The van der Waals surface area contributed by atoms with Crippen LogP contribution in [0.2, 0.25) is 0 Å². The van der Waals surface area contributed by atoms with Crippen molar-refractivity contribution < 1.29 is 26.3 Å². The first-order valence-corrected chi connectivity index (χ1v) is 8.00. The maximum Gasteiger partial charge on any atom is 0.359 e. The van der Waals surface area contributed by atoms with E-state index in [1.165, 1.54) is 5.52 Å². The zero-order valence-electron chi connectivity index (χ0n) is 13.8. The van der Waals surface area contributed by atoms with Gasteiger partial charge in [-0.3, -0.25) is 10.1 Å². The summed E-state index contributed by atoms with van der Waals surface area (Å²) in [6.07, 6.45) is 0. The highest BCUT2D eigenvalue weighted by Gasteiger charge is 2.29. The van der Waals surface area contributed by atoms with Crippen LogP contribution in [0, 0.1) is 13.8 Å². The highest BCUT2D eigenvalue weighted by molar-refractivity contribution is 5.98. The van der Waals surface area contributed by atoms with Crippen LogP contribution in [-0.4, -0.2) is 16.9 Å². The smallest absolute Gasteiger partial charge is 0.359 e. The van der Waals surface area contributed by atoms with Crippen molar-refractivity contribution in [3.8, 4) is 0 Å². The first-order valence-electron chi connectivity index (χ1n) is 8.00. The van der Waals surface area contributed by atoms with Gasteiger partial charge >= 0.3 is 5.95 Å². The average molecular weight is 386 g/mol. The first-order chi connectivity index (χ1) is 11.1. The van der Waals surface area contributed by atoms with Crippen LogP contribution in [0.4, 0.5) is 5.95 Å². The van der Waals surface area contributed by atoms with Gasteiger partial charge in [-0.1, -0.05) is 29.8 Å². The predicted octanol–water partition coefficient (Wildman–Crippen LogP) is -0.142. The number of aromatic nitrogens is 2. The fourth-order valence-corrected chi connectivity index (χ4v) is 3.42. The molecule has 0 radical (unpaired) electrons. The van der Waals surface area contributed by atoms with E-state index in [0.29, 0.717) is 6.54 Å². The van der Waals surface area contributed by atoms with Gasteiger partial charge in [-0.15, -0.1) is 0 Å². The van der Waals surface area contributed by atoms with Crippen LogP contribution in [0.3, 0.4) is 0 Å². The van der Waals surface area contributed by atoms with Gasteiger partial charge in [0.15, 0.2) is 5.78 Å². The number of anilines is 1. The van der Waals surface area contributed by atoms with Gasteiger partial charge in [0.2, 0.25) is 0 Å². The lowest BCUT2D eigenvalue weighted by Crippen LogP contribution is -3.00. The number of aryl methyl sites for hydroxylation is 2. The number of para-hydroxylation sites is 2. The largest absolute Gasteiger partial charge is 1.00 e. The summed E-state index contributed by atoms with van der Waals surface area (Å²) in [5.74, 6) is 1.19. The summed E-state index contributed by atoms with van der Waals surface area (Å²) < 4.78 is 4.36. The Labute approximate surface area is 151 Å². The van der Waals surface area contributed by atoms with Crippen LogP contribution in [0.1, 0.15) is 21.5 Å². The van der Waals surface area contributed by atoms with E-state index in [0.717, 1.165) is 41.2 Å². The number of nitrogens with one attached hydrogen (secondary N) is 1. The van der Waals surface area contributed by atoms with Gasteiger partial charge in [-0.05, 0) is 37.6 Å². The molecular formula is C19H20BrN3O. The molecule has 1 N–H and O–H groups in total. The number of benzene rings is 2. The maximum atomic E-state index is 12.9. The molecule has 0 bridgehead atoms. The number of halogens is 1. The third-order valence-electron chi connectivity index (χ3n) is 4.59. The summed E-state index contributed by atoms with van der Waals surface area (Å²) in [4.78, 5) is 12.9. The molecule has 0 unspecified atom stereocenters. The van der Waals surface area contributed by atoms with Gasteiger partial charge in [-0.2, -0.15) is 0 Å². The van der Waals surface area contributed by atoms with Gasteiger partial charge in [0.25, 0.3) is 0 Å². The number of carbonyl (C=O) groups is 1. The fourth-order valence-electron chi connectivity index (χ4n) is 3.42. The molecule has 4 rings (SSSR count). The Kier molecular flexibility index (Phi) is 4.45. The van der Waals surface area contributed by atoms with E-state index in [-0.39, 0.29) is 22.8 Å². The highest BCUT2D eigenvalue weighted by atomic mass is 79.9. The standard InChI is InChI=1S/C19H19N3O.BrH/c1-13-7-8-14(2)15(11-13)18(23)12-22-17-6-4-3-5-16(17)21-10-9-20-19(21)22;/h3-8,11H,9-10,12H2,1-2H3;1H. The second kappa shape index (κ2) is 6.40. The molecule has 0 spiro atoms. The number of Topliss-reactive ketones (excluding diaryl/α,β-unsaturated/α-hetero) is 1. The monoisotopic (exact) mass is 385 g/mol. The Hall–Kier alpha value is -2.14. The molecule has 0 saturated carbocycles. The summed E-state index contributed by atoms with van der Waals surface area (Å²) in [6.45, 7) is 6.24. The summed E-state index contributed by atoms with van der Waals surface area (Å²) in [5.41, 5.74) is 5.26. The Morgan fingerprint density at radius 2 is 2.00 bits per heavy atom. The van der Waals surface area contributed by atoms with Crippen LogP contribution < -0.4 is 26.9 Å². The molecule has 4 nitrogen and oxygen atoms in total. The lowest BCUT2D eigenvalue weighted by atomic mass is 10.0. The molecule has 5 heteroatoms. The number of fused-ring (bicyclic) bond motifs is 3. The molecular weight excluding hydrogens is 366 g/mol. The Morgan fingerprint density at radius 1 is 1.21 bits per heavy atom. The van der Waals surface area contributed by atoms with Crippen LogP contribution in [0.25, 0.3) is 11.0 Å². The van der Waals surface area contributed by atoms with E-state index >= 15 is 0 Å². The van der Waals surface area contributed by atoms with Crippen molar-refractivity contribution in [3.63, 3.8) is 0 Å². The fraction of sp³-hybridized carbons (Fsp3) is 0.263. The second-order valence-corrected chi connectivity index (χ2v) is 6.22. The molecule has 124 valence electrons. The van der Waals surface area contributed by atoms with Crippen molar-refractivity contribution in [1.82, 2.24) is 4.57 Å². The molecule has 0 fully saturated rings. The minimum atomic E-state index is 0. The van der Waals surface area contributed by atoms with Crippen molar-refractivity contribution in [2.45, 2.75) is 26.9 Å². The number of hydrogen-bond donors (Lipinski definition) is 1. The first kappa shape index (κ1) is 16.7. The van der Waals surface area contributed by atoms with Gasteiger partial charge in [0.05, 0.1) is 6.54 Å². The lowest BCUT2D eigenvalue weighted by Gasteiger charge is -2.06. The zero-order chi connectivity index (χ0) is 16.0. The average Bonchev–Trinajstić information content (AvgIpc) is 3.13. The third kappa shape index (κ3) is 2.63. The third-order valence-corrected chi connectivity index (χ3v) is 4.59. The van der Waals surface area contributed by atoms with Crippen molar-refractivity contribution in [2.24, 2.45) is 0 Å². The molecule has 2 heterocycles. The molecule has 0 saturated heterocycles. The predicted molar refractivity (Wildman–Crippen MR) is 90.9 cm³/mol. The van der Waals surface area contributed by atoms with E-state index in [2.05, 4.69) is 26.6 Å². The molecule has 3 aromatic rings. The molecule has 0 aliphatic carbocycles. The van der Waals surface area contributed by atoms with Crippen LogP contribution in [0.15, 0.2) is 42.5 Å². The Bertz CT molecular complexity index is 930. The molecule has 0 amide bonds. The minimum Gasteiger partial charge on any atom is -1.00 e. The Morgan fingerprint density at radius 3 is 2.83 bits per heavy atom. The van der Waals surface area contributed by atoms with Gasteiger partial charge in [-0.25, -0.2) is 9.13 Å². The van der Waals surface area contributed by atoms with E-state index in [1.807, 2.05) is 44.2 Å². The molecule has 1 aliphatic rings. The van der Waals surface area contributed by atoms with Crippen LogP contribution in [-0.2, 0) is 13.1 Å². The normalized spacial score (nSPS) is 12.6. The molecule has 1 aliphatic heterocycles. The number of imidazole rings is 1. The van der Waals surface area contributed by atoms with Crippen molar-refractivity contribution in [3.05, 3.63) is 59.2 Å². The van der Waals surface area contributed by atoms with Gasteiger partial charge < -0.3 is 17.0 Å². The van der Waals surface area contributed by atoms with E-state index in [4.69, 9.17) is 0 Å². The summed E-state index contributed by atoms with van der Waals surface area (Å²) in [6, 6.07) is 14.3. The van der Waals surface area contributed by atoms with E-state index in [1.54, 1.807) is 0 Å². The van der Waals surface area contributed by atoms with Crippen molar-refractivity contribution in [2.75, 3.05) is 11.9 Å². The van der Waals surface area contributed by atoms with Crippen molar-refractivity contribution in [1.29, 1.82) is 0 Å². The summed E-state index contributed by atoms with van der Waals surface area (Å²) in [5, 5.41) is 3.41. The quantitative estimate of drug-likeness (QED) is 0.503. The molecule has 1 aromatic heterocycles. The molecule has 0 atom stereocenters. The van der Waals surface area contributed by atoms with E-state index < -0.39 is 0 Å². The van der Waals surface area contributed by atoms with Crippen molar-refractivity contribution >= 4 is 22.8 Å². The van der Waals surface area contributed by atoms with Crippen LogP contribution in [0.5, 0.6) is 0 Å². The topological polar surface area (TPSA) is 37.9 Å². The highest BCUT2D eigenvalue weighted by Crippen LogP contribution is 2.22.